The first-order valence-electron chi connectivity index (χ1n) is 7.61. The van der Waals surface area contributed by atoms with Crippen LogP contribution in [0, 0.1) is 0 Å². The van der Waals surface area contributed by atoms with Gasteiger partial charge in [-0.05, 0) is 31.5 Å². The molecule has 0 heterocycles. The lowest BCUT2D eigenvalue weighted by molar-refractivity contribution is -0.145. The molecule has 2 unspecified atom stereocenters. The molecule has 0 aliphatic carbocycles. The number of benzene rings is 1. The first-order chi connectivity index (χ1) is 11.1. The van der Waals surface area contributed by atoms with Gasteiger partial charge in [0.15, 0.2) is 0 Å². The monoisotopic (exact) mass is 320 g/mol. The molecule has 0 fully saturated rings. The Balaban J connectivity index is 2.66. The van der Waals surface area contributed by atoms with Crippen molar-refractivity contribution in [3.63, 3.8) is 0 Å². The number of methoxy groups -OCH3 is 1. The fourth-order valence-electron chi connectivity index (χ4n) is 2.20. The molecular formula is C17H24N2O4. The van der Waals surface area contributed by atoms with Crippen LogP contribution in [0.1, 0.15) is 24.8 Å². The quantitative estimate of drug-likeness (QED) is 0.384. The van der Waals surface area contributed by atoms with Crippen molar-refractivity contribution in [2.45, 2.75) is 37.8 Å². The second-order valence-electron chi connectivity index (χ2n) is 5.19. The van der Waals surface area contributed by atoms with Crippen molar-refractivity contribution in [1.82, 2.24) is 5.32 Å². The van der Waals surface area contributed by atoms with E-state index in [-0.39, 0.29) is 12.5 Å². The minimum absolute atomic E-state index is 0.0483. The second-order valence-corrected chi connectivity index (χ2v) is 5.19. The Morgan fingerprint density at radius 3 is 2.57 bits per heavy atom. The third kappa shape index (κ3) is 6.61. The molecular weight excluding hydrogens is 296 g/mol. The number of rotatable bonds is 10. The number of aliphatic hydroxyl groups is 1. The van der Waals surface area contributed by atoms with Crippen LogP contribution >= 0.6 is 0 Å². The van der Waals surface area contributed by atoms with E-state index in [2.05, 4.69) is 17.0 Å². The Bertz CT molecular complexity index is 505. The van der Waals surface area contributed by atoms with Gasteiger partial charge in [0.2, 0.25) is 5.91 Å². The zero-order valence-corrected chi connectivity index (χ0v) is 13.4. The molecule has 0 radical (unpaired) electrons. The third-order valence-electron chi connectivity index (χ3n) is 3.50. The number of aliphatic imine (C=N–C) groups is 1. The summed E-state index contributed by atoms with van der Waals surface area (Å²) >= 11 is 0. The number of carbonyl (C=O) groups is 2. The highest BCUT2D eigenvalue weighted by molar-refractivity contribution is 5.88. The highest BCUT2D eigenvalue weighted by Crippen LogP contribution is 2.08. The molecule has 1 aromatic rings. The number of ether oxygens (including phenoxy) is 1. The van der Waals surface area contributed by atoms with Crippen molar-refractivity contribution in [1.29, 1.82) is 0 Å². The van der Waals surface area contributed by atoms with E-state index in [0.29, 0.717) is 25.7 Å². The van der Waals surface area contributed by atoms with Crippen LogP contribution in [0.4, 0.5) is 0 Å². The van der Waals surface area contributed by atoms with E-state index in [1.54, 1.807) is 0 Å². The van der Waals surface area contributed by atoms with Gasteiger partial charge < -0.3 is 15.2 Å². The van der Waals surface area contributed by atoms with Gasteiger partial charge in [-0.3, -0.25) is 9.79 Å². The Morgan fingerprint density at radius 2 is 2.00 bits per heavy atom. The molecule has 6 nitrogen and oxygen atoms in total. The lowest BCUT2D eigenvalue weighted by atomic mass is 10.0. The molecule has 0 bridgehead atoms. The zero-order chi connectivity index (χ0) is 17.1. The maximum Gasteiger partial charge on any atom is 0.328 e. The van der Waals surface area contributed by atoms with Crippen LogP contribution in [0.25, 0.3) is 0 Å². The van der Waals surface area contributed by atoms with Gasteiger partial charge in [0, 0.05) is 13.0 Å². The summed E-state index contributed by atoms with van der Waals surface area (Å²) in [5.41, 5.74) is 0.968. The average molecular weight is 320 g/mol. The number of aliphatic hydroxyl groups excluding tert-OH is 1. The van der Waals surface area contributed by atoms with Gasteiger partial charge in [0.05, 0.1) is 7.11 Å². The number of nitrogens with zero attached hydrogens (tertiary/aromatic N) is 1. The summed E-state index contributed by atoms with van der Waals surface area (Å²) in [6.07, 6.45) is 2.01. The maximum absolute atomic E-state index is 12.3. The second kappa shape index (κ2) is 10.5. The van der Waals surface area contributed by atoms with Crippen molar-refractivity contribution in [2.75, 3.05) is 13.7 Å². The molecule has 1 amide bonds. The number of nitrogens with one attached hydrogen (secondary N) is 1. The van der Waals surface area contributed by atoms with E-state index < -0.39 is 18.1 Å². The first kappa shape index (κ1) is 18.8. The Kier molecular flexibility index (Phi) is 8.60. The Morgan fingerprint density at radius 1 is 1.30 bits per heavy atom. The van der Waals surface area contributed by atoms with Gasteiger partial charge in [0.25, 0.3) is 0 Å². The van der Waals surface area contributed by atoms with Crippen molar-refractivity contribution < 1.29 is 19.4 Å². The number of esters is 1. The average Bonchev–Trinajstić information content (AvgIpc) is 2.59. The largest absolute Gasteiger partial charge is 0.467 e. The molecule has 126 valence electrons. The molecule has 0 aliphatic heterocycles. The fraction of sp³-hybridized carbons (Fsp3) is 0.471. The van der Waals surface area contributed by atoms with Gasteiger partial charge in [-0.1, -0.05) is 30.3 Å². The molecule has 2 atom stereocenters. The number of amides is 1. The van der Waals surface area contributed by atoms with Gasteiger partial charge in [-0.15, -0.1) is 0 Å². The van der Waals surface area contributed by atoms with Gasteiger partial charge >= 0.3 is 5.97 Å². The summed E-state index contributed by atoms with van der Waals surface area (Å²) in [5, 5.41) is 11.5. The minimum Gasteiger partial charge on any atom is -0.467 e. The summed E-state index contributed by atoms with van der Waals surface area (Å²) in [7, 11) is 1.28. The fourth-order valence-corrected chi connectivity index (χ4v) is 2.20. The molecule has 1 rings (SSSR count). The topological polar surface area (TPSA) is 88.0 Å². The molecule has 0 aliphatic rings. The van der Waals surface area contributed by atoms with Crippen LogP contribution in [-0.4, -0.2) is 49.5 Å². The summed E-state index contributed by atoms with van der Waals surface area (Å²) in [6, 6.07) is 8.09. The normalized spacial score (nSPS) is 13.0. The summed E-state index contributed by atoms with van der Waals surface area (Å²) in [5.74, 6) is -0.859. The van der Waals surface area contributed by atoms with E-state index in [0.717, 1.165) is 5.56 Å². The number of hydrogen-bond donors (Lipinski definition) is 2. The van der Waals surface area contributed by atoms with Crippen molar-refractivity contribution in [3.8, 4) is 0 Å². The van der Waals surface area contributed by atoms with Crippen LogP contribution in [0.3, 0.4) is 0 Å². The molecule has 0 saturated carbocycles. The highest BCUT2D eigenvalue weighted by Gasteiger charge is 2.25. The number of unbranched alkanes of at least 4 members (excludes halogenated alkanes) is 1. The van der Waals surface area contributed by atoms with Gasteiger partial charge in [-0.25, -0.2) is 4.79 Å². The predicted molar refractivity (Wildman–Crippen MR) is 88.4 cm³/mol. The van der Waals surface area contributed by atoms with Crippen LogP contribution < -0.4 is 5.32 Å². The highest BCUT2D eigenvalue weighted by atomic mass is 16.5. The third-order valence-corrected chi connectivity index (χ3v) is 3.50. The molecule has 0 spiro atoms. The minimum atomic E-state index is -0.737. The molecule has 1 aromatic carbocycles. The number of carbonyl (C=O) groups excluding carboxylic acids is 2. The lowest BCUT2D eigenvalue weighted by Gasteiger charge is -2.19. The molecule has 2 N–H and O–H groups in total. The van der Waals surface area contributed by atoms with E-state index in [4.69, 9.17) is 9.84 Å². The SMILES string of the molecule is C=NC(Cc1ccccc1)C(=O)NC(CCCCO)C(=O)OC. The predicted octanol–water partition coefficient (Wildman–Crippen LogP) is 1.12. The van der Waals surface area contributed by atoms with Gasteiger partial charge in [-0.2, -0.15) is 0 Å². The van der Waals surface area contributed by atoms with Crippen LogP contribution in [0.5, 0.6) is 0 Å². The maximum atomic E-state index is 12.3. The summed E-state index contributed by atoms with van der Waals surface area (Å²) in [4.78, 5) is 28.0. The van der Waals surface area contributed by atoms with Crippen LogP contribution in [-0.2, 0) is 20.7 Å². The molecule has 6 heteroatoms. The van der Waals surface area contributed by atoms with E-state index in [9.17, 15) is 9.59 Å². The molecule has 0 saturated heterocycles. The molecule has 23 heavy (non-hydrogen) atoms. The lowest BCUT2D eigenvalue weighted by Crippen LogP contribution is -2.46. The smallest absolute Gasteiger partial charge is 0.328 e. The van der Waals surface area contributed by atoms with Crippen molar-refractivity contribution >= 4 is 18.6 Å². The standard InChI is InChI=1S/C17H24N2O4/c1-18-15(12-13-8-4-3-5-9-13)16(21)19-14(17(22)23-2)10-6-7-11-20/h3-5,8-9,14-15,20H,1,6-7,10-12H2,2H3,(H,19,21). The van der Waals surface area contributed by atoms with E-state index in [1.165, 1.54) is 7.11 Å². The van der Waals surface area contributed by atoms with E-state index >= 15 is 0 Å². The zero-order valence-electron chi connectivity index (χ0n) is 13.4. The van der Waals surface area contributed by atoms with Gasteiger partial charge in [0.1, 0.15) is 12.1 Å². The van der Waals surface area contributed by atoms with Crippen molar-refractivity contribution in [2.24, 2.45) is 4.99 Å². The Hall–Kier alpha value is -2.21. The van der Waals surface area contributed by atoms with Crippen molar-refractivity contribution in [3.05, 3.63) is 35.9 Å². The summed E-state index contributed by atoms with van der Waals surface area (Å²) < 4.78 is 4.71. The molecule has 0 aromatic heterocycles. The van der Waals surface area contributed by atoms with Crippen LogP contribution in [0.2, 0.25) is 0 Å². The van der Waals surface area contributed by atoms with Crippen LogP contribution in [0.15, 0.2) is 35.3 Å². The summed E-state index contributed by atoms with van der Waals surface area (Å²) in [6.45, 7) is 3.51. The Labute approximate surface area is 136 Å². The first-order valence-corrected chi connectivity index (χ1v) is 7.61. The number of hydrogen-bond acceptors (Lipinski definition) is 5. The van der Waals surface area contributed by atoms with E-state index in [1.807, 2.05) is 30.3 Å².